The van der Waals surface area contributed by atoms with Gasteiger partial charge in [-0.3, -0.25) is 0 Å². The second kappa shape index (κ2) is 5.04. The van der Waals surface area contributed by atoms with E-state index in [1.165, 1.54) is 16.2 Å². The predicted molar refractivity (Wildman–Crippen MR) is 64.4 cm³/mol. The average Bonchev–Trinajstić information content (AvgIpc) is 2.62. The molecule has 5 nitrogen and oxygen atoms in total. The summed E-state index contributed by atoms with van der Waals surface area (Å²) in [5, 5.41) is 9.98. The summed E-state index contributed by atoms with van der Waals surface area (Å²) in [5.41, 5.74) is -3.60. The van der Waals surface area contributed by atoms with Crippen molar-refractivity contribution in [3.05, 3.63) is 15.9 Å². The smallest absolute Gasteiger partial charge is 0.418 e. The highest BCUT2D eigenvalue weighted by Crippen LogP contribution is 2.34. The summed E-state index contributed by atoms with van der Waals surface area (Å²) in [6.07, 6.45) is -5.28. The summed E-state index contributed by atoms with van der Waals surface area (Å²) < 4.78 is 62.5. The Hall–Kier alpha value is -0.650. The van der Waals surface area contributed by atoms with Crippen LogP contribution in [0.3, 0.4) is 0 Å². The molecule has 0 saturated heterocycles. The standard InChI is InChI=1S/C8H7BrF3NO4S2/c1-7(6(14)15,8(10,11)12)13-19(16,17)5-4(9)2-3-18-5/h2-3,13H,1H3,(H,14,15). The minimum atomic E-state index is -5.28. The van der Waals surface area contributed by atoms with Gasteiger partial charge in [0.2, 0.25) is 5.54 Å². The van der Waals surface area contributed by atoms with Gasteiger partial charge in [0, 0.05) is 4.47 Å². The van der Waals surface area contributed by atoms with Gasteiger partial charge in [0.05, 0.1) is 0 Å². The fraction of sp³-hybridized carbons (Fsp3) is 0.375. The minimum absolute atomic E-state index is 0.0555. The molecule has 0 aliphatic rings. The number of carbonyl (C=O) groups is 1. The maximum Gasteiger partial charge on any atom is 0.418 e. The number of thiophene rings is 1. The first kappa shape index (κ1) is 16.4. The lowest BCUT2D eigenvalue weighted by Crippen LogP contribution is -2.61. The van der Waals surface area contributed by atoms with E-state index in [4.69, 9.17) is 5.11 Å². The van der Waals surface area contributed by atoms with E-state index in [2.05, 4.69) is 15.9 Å². The molecular weight excluding hydrogens is 375 g/mol. The van der Waals surface area contributed by atoms with Gasteiger partial charge in [-0.2, -0.15) is 17.9 Å². The predicted octanol–water partition coefficient (Wildman–Crippen LogP) is 2.19. The van der Waals surface area contributed by atoms with Crippen molar-refractivity contribution in [1.29, 1.82) is 0 Å². The van der Waals surface area contributed by atoms with Crippen molar-refractivity contribution >= 4 is 43.3 Å². The number of nitrogens with one attached hydrogen (secondary N) is 1. The van der Waals surface area contributed by atoms with Gasteiger partial charge in [-0.15, -0.1) is 11.3 Å². The fourth-order valence-corrected chi connectivity index (χ4v) is 4.70. The van der Waals surface area contributed by atoms with Gasteiger partial charge >= 0.3 is 12.1 Å². The molecule has 0 radical (unpaired) electrons. The van der Waals surface area contributed by atoms with Gasteiger partial charge in [-0.25, -0.2) is 13.2 Å². The topological polar surface area (TPSA) is 83.5 Å². The van der Waals surface area contributed by atoms with Crippen molar-refractivity contribution in [2.45, 2.75) is 22.8 Å². The van der Waals surface area contributed by atoms with Crippen LogP contribution in [0.2, 0.25) is 0 Å². The summed E-state index contributed by atoms with van der Waals surface area (Å²) in [5.74, 6) is -2.34. The molecule has 0 aromatic carbocycles. The molecular formula is C8H7BrF3NO4S2. The lowest BCUT2D eigenvalue weighted by atomic mass is 10.0. The number of hydrogen-bond donors (Lipinski definition) is 2. The number of halogens is 4. The van der Waals surface area contributed by atoms with Gasteiger partial charge in [-0.05, 0) is 34.3 Å². The number of hydrogen-bond acceptors (Lipinski definition) is 4. The summed E-state index contributed by atoms with van der Waals surface area (Å²) in [6, 6.07) is 1.32. The molecule has 0 saturated carbocycles. The van der Waals surface area contributed by atoms with Crippen LogP contribution < -0.4 is 4.72 Å². The van der Waals surface area contributed by atoms with Gasteiger partial charge < -0.3 is 5.11 Å². The quantitative estimate of drug-likeness (QED) is 0.837. The molecule has 11 heteroatoms. The zero-order valence-corrected chi connectivity index (χ0v) is 12.4. The number of sulfonamides is 1. The van der Waals surface area contributed by atoms with Crippen LogP contribution in [0.15, 0.2) is 20.1 Å². The lowest BCUT2D eigenvalue weighted by molar-refractivity contribution is -0.201. The first-order valence-electron chi connectivity index (χ1n) is 4.49. The van der Waals surface area contributed by atoms with Crippen LogP contribution in [-0.2, 0) is 14.8 Å². The van der Waals surface area contributed by atoms with E-state index in [-0.39, 0.29) is 11.4 Å². The number of carboxylic acid groups (broad SMARTS) is 1. The van der Waals surface area contributed by atoms with Crippen molar-refractivity contribution in [2.24, 2.45) is 0 Å². The Kier molecular flexibility index (Phi) is 4.35. The van der Waals surface area contributed by atoms with E-state index in [1.807, 2.05) is 0 Å². The van der Waals surface area contributed by atoms with Crippen LogP contribution in [-0.4, -0.2) is 31.2 Å². The Morgan fingerprint density at radius 2 is 2.00 bits per heavy atom. The van der Waals surface area contributed by atoms with Crippen LogP contribution >= 0.6 is 27.3 Å². The molecule has 1 heterocycles. The highest BCUT2D eigenvalue weighted by Gasteiger charge is 2.59. The molecule has 0 amide bonds. The van der Waals surface area contributed by atoms with Crippen LogP contribution in [0, 0.1) is 0 Å². The Balaban J connectivity index is 3.26. The Morgan fingerprint density at radius 1 is 1.47 bits per heavy atom. The molecule has 1 atom stereocenters. The third-order valence-electron chi connectivity index (χ3n) is 2.16. The Morgan fingerprint density at radius 3 is 2.32 bits per heavy atom. The van der Waals surface area contributed by atoms with Crippen molar-refractivity contribution in [2.75, 3.05) is 0 Å². The van der Waals surface area contributed by atoms with E-state index in [9.17, 15) is 26.4 Å². The average molecular weight is 382 g/mol. The molecule has 1 unspecified atom stereocenters. The third-order valence-corrected chi connectivity index (χ3v) is 6.39. The van der Waals surface area contributed by atoms with Gasteiger partial charge in [0.1, 0.15) is 4.21 Å². The van der Waals surface area contributed by atoms with Crippen LogP contribution in [0.5, 0.6) is 0 Å². The van der Waals surface area contributed by atoms with E-state index in [0.29, 0.717) is 11.3 Å². The normalized spacial score (nSPS) is 16.1. The third kappa shape index (κ3) is 3.09. The highest BCUT2D eigenvalue weighted by atomic mass is 79.9. The van der Waals surface area contributed by atoms with E-state index in [0.717, 1.165) is 0 Å². The maximum absolute atomic E-state index is 12.7. The molecule has 1 rings (SSSR count). The zero-order chi connectivity index (χ0) is 15.1. The molecule has 108 valence electrons. The van der Waals surface area contributed by atoms with Crippen molar-refractivity contribution in [3.63, 3.8) is 0 Å². The second-order valence-corrected chi connectivity index (χ2v) is 7.24. The largest absolute Gasteiger partial charge is 0.480 e. The maximum atomic E-state index is 12.7. The fourth-order valence-electron chi connectivity index (χ4n) is 1.01. The first-order chi connectivity index (χ1) is 8.42. The van der Waals surface area contributed by atoms with Crippen LogP contribution in [0.1, 0.15) is 6.92 Å². The molecule has 19 heavy (non-hydrogen) atoms. The molecule has 0 bridgehead atoms. The Bertz CT molecular complexity index is 597. The molecule has 1 aromatic rings. The number of alkyl halides is 3. The monoisotopic (exact) mass is 381 g/mol. The number of carboxylic acids is 1. The summed E-state index contributed by atoms with van der Waals surface area (Å²) in [6.45, 7) is 0.244. The first-order valence-corrected chi connectivity index (χ1v) is 7.64. The molecule has 2 N–H and O–H groups in total. The molecule has 1 aromatic heterocycles. The van der Waals surface area contributed by atoms with Crippen LogP contribution in [0.4, 0.5) is 13.2 Å². The Labute approximate surface area is 118 Å². The van der Waals surface area contributed by atoms with Crippen LogP contribution in [0.25, 0.3) is 0 Å². The van der Waals surface area contributed by atoms with Gasteiger partial charge in [-0.1, -0.05) is 0 Å². The second-order valence-electron chi connectivity index (χ2n) is 3.59. The van der Waals surface area contributed by atoms with E-state index in [1.54, 1.807) is 0 Å². The SMILES string of the molecule is CC(NS(=O)(=O)c1sccc1Br)(C(=O)O)C(F)(F)F. The van der Waals surface area contributed by atoms with Crippen molar-refractivity contribution in [3.8, 4) is 0 Å². The van der Waals surface area contributed by atoms with Crippen molar-refractivity contribution < 1.29 is 31.5 Å². The zero-order valence-electron chi connectivity index (χ0n) is 9.16. The lowest BCUT2D eigenvalue weighted by Gasteiger charge is -2.27. The van der Waals surface area contributed by atoms with E-state index < -0.39 is 31.9 Å². The number of rotatable bonds is 4. The van der Waals surface area contributed by atoms with Crippen molar-refractivity contribution in [1.82, 2.24) is 4.72 Å². The molecule has 0 aliphatic carbocycles. The summed E-state index contributed by atoms with van der Waals surface area (Å²) in [7, 11) is -4.61. The molecule has 0 aliphatic heterocycles. The van der Waals surface area contributed by atoms with Gasteiger partial charge in [0.15, 0.2) is 0 Å². The van der Waals surface area contributed by atoms with E-state index >= 15 is 0 Å². The van der Waals surface area contributed by atoms with Gasteiger partial charge in [0.25, 0.3) is 10.0 Å². The highest BCUT2D eigenvalue weighted by molar-refractivity contribution is 9.10. The minimum Gasteiger partial charge on any atom is -0.480 e. The number of aliphatic carboxylic acids is 1. The summed E-state index contributed by atoms with van der Waals surface area (Å²) >= 11 is 3.52. The molecule has 0 fully saturated rings. The summed E-state index contributed by atoms with van der Waals surface area (Å²) in [4.78, 5) is 10.7. The molecule has 0 spiro atoms.